The maximum atomic E-state index is 15.9. The quantitative estimate of drug-likeness (QED) is 0.199. The van der Waals surface area contributed by atoms with E-state index in [-0.39, 0.29) is 11.3 Å². The number of hydrogen-bond acceptors (Lipinski definition) is 6. The highest BCUT2D eigenvalue weighted by molar-refractivity contribution is 5.44. The molecule has 3 aromatic carbocycles. The predicted octanol–water partition coefficient (Wildman–Crippen LogP) is 5.31. The van der Waals surface area contributed by atoms with E-state index in [0.29, 0.717) is 17.2 Å². The molecule has 2 heterocycles. The lowest BCUT2D eigenvalue weighted by Gasteiger charge is -2.35. The fourth-order valence-corrected chi connectivity index (χ4v) is 4.02. The molecule has 0 aliphatic carbocycles. The molecule has 0 saturated heterocycles. The average Bonchev–Trinajstić information content (AvgIpc) is 3.50. The van der Waals surface area contributed by atoms with E-state index >= 15 is 8.78 Å². The Bertz CT molecular complexity index is 1810. The Labute approximate surface area is 241 Å². The van der Waals surface area contributed by atoms with Crippen LogP contribution in [-0.2, 0) is 24.6 Å². The summed E-state index contributed by atoms with van der Waals surface area (Å²) in [6, 6.07) is 17.3. The monoisotopic (exact) mass is 575 g/mol. The van der Waals surface area contributed by atoms with Crippen molar-refractivity contribution in [1.82, 2.24) is 25.2 Å². The predicted molar refractivity (Wildman–Crippen MR) is 144 cm³/mol. The van der Waals surface area contributed by atoms with Gasteiger partial charge in [0.1, 0.15) is 36.0 Å². The first kappa shape index (κ1) is 25.9. The molecule has 0 radical (unpaired) electrons. The van der Waals surface area contributed by atoms with Crippen LogP contribution in [0.25, 0.3) is 0 Å². The number of ether oxygens (including phenoxy) is 1. The molecule has 42 heavy (non-hydrogen) atoms. The van der Waals surface area contributed by atoms with Crippen LogP contribution in [-0.4, -0.2) is 30.3 Å². The first-order chi connectivity index (χ1) is 20.9. The summed E-state index contributed by atoms with van der Waals surface area (Å²) in [4.78, 5) is 3.79. The summed E-state index contributed by atoms with van der Waals surface area (Å²) in [5.41, 5.74) is -2.86. The molecule has 1 atom stereocenters. The number of alkyl halides is 2. The van der Waals surface area contributed by atoms with Crippen LogP contribution >= 0.6 is 0 Å². The Morgan fingerprint density at radius 1 is 0.952 bits per heavy atom. The summed E-state index contributed by atoms with van der Waals surface area (Å²) in [5, 5.41) is 21.5. The number of aliphatic hydroxyl groups is 1. The minimum atomic E-state index is -4.19. The van der Waals surface area contributed by atoms with E-state index in [4.69, 9.17) is 7.48 Å². The van der Waals surface area contributed by atoms with Crippen molar-refractivity contribution in [2.75, 3.05) is 0 Å². The minimum Gasteiger partial charge on any atom is -0.489 e. The molecule has 212 valence electrons. The smallest absolute Gasteiger partial charge is 0.323 e. The van der Waals surface area contributed by atoms with E-state index < -0.39 is 47.5 Å². The van der Waals surface area contributed by atoms with Crippen LogP contribution in [0.3, 0.4) is 0 Å². The van der Waals surface area contributed by atoms with Crippen molar-refractivity contribution in [3.8, 4) is 17.6 Å². The molecule has 0 spiro atoms. The summed E-state index contributed by atoms with van der Waals surface area (Å²) in [6.07, 6.45) is 2.04. The summed E-state index contributed by atoms with van der Waals surface area (Å²) in [5.74, 6) is -0.653. The Kier molecular flexibility index (Phi) is 7.27. The summed E-state index contributed by atoms with van der Waals surface area (Å²) < 4.78 is 82.8. The molecular weight excluding hydrogens is 550 g/mol. The molecule has 0 unspecified atom stereocenters. The maximum Gasteiger partial charge on any atom is 0.323 e. The summed E-state index contributed by atoms with van der Waals surface area (Å²) in [6.45, 7) is -1.12. The van der Waals surface area contributed by atoms with E-state index in [0.717, 1.165) is 41.0 Å². The molecular formula is C31H23F4N5O2. The van der Waals surface area contributed by atoms with Crippen LogP contribution in [0.1, 0.15) is 36.3 Å². The number of benzene rings is 3. The molecule has 7 nitrogen and oxygen atoms in total. The third kappa shape index (κ3) is 6.14. The van der Waals surface area contributed by atoms with Crippen molar-refractivity contribution >= 4 is 0 Å². The van der Waals surface area contributed by atoms with Crippen molar-refractivity contribution in [1.29, 1.82) is 0 Å². The van der Waals surface area contributed by atoms with Gasteiger partial charge in [0.05, 0.1) is 9.29 Å². The van der Waals surface area contributed by atoms with Crippen LogP contribution in [0.5, 0.6) is 5.75 Å². The normalized spacial score (nSPS) is 13.8. The van der Waals surface area contributed by atoms with Gasteiger partial charge in [-0.15, -0.1) is 5.10 Å². The van der Waals surface area contributed by atoms with Crippen molar-refractivity contribution in [2.45, 2.75) is 31.6 Å². The van der Waals surface area contributed by atoms with Crippen LogP contribution in [0, 0.1) is 30.4 Å². The van der Waals surface area contributed by atoms with Crippen LogP contribution in [0.2, 0.25) is 0 Å². The first-order valence-electron chi connectivity index (χ1n) is 13.5. The van der Waals surface area contributed by atoms with Crippen LogP contribution < -0.4 is 4.74 Å². The van der Waals surface area contributed by atoms with Gasteiger partial charge in [-0.25, -0.2) is 13.5 Å². The third-order valence-corrected chi connectivity index (χ3v) is 6.31. The molecule has 1 N–H and O–H groups in total. The van der Waals surface area contributed by atoms with Crippen molar-refractivity contribution in [3.63, 3.8) is 0 Å². The zero-order valence-electron chi connectivity index (χ0n) is 24.0. The molecule has 0 bridgehead atoms. The molecule has 11 heteroatoms. The lowest BCUT2D eigenvalue weighted by molar-refractivity contribution is -0.207. The van der Waals surface area contributed by atoms with Crippen molar-refractivity contribution in [3.05, 3.63) is 137 Å². The number of aromatic nitrogens is 5. The fourth-order valence-electron chi connectivity index (χ4n) is 4.02. The molecule has 5 aromatic rings. The van der Waals surface area contributed by atoms with Gasteiger partial charge in [0.2, 0.25) is 0 Å². The van der Waals surface area contributed by atoms with Crippen LogP contribution in [0.4, 0.5) is 17.6 Å². The van der Waals surface area contributed by atoms with E-state index in [1.165, 1.54) is 6.07 Å². The van der Waals surface area contributed by atoms with Gasteiger partial charge in [0, 0.05) is 29.0 Å². The van der Waals surface area contributed by atoms with Gasteiger partial charge in [0.15, 0.2) is 5.60 Å². The van der Waals surface area contributed by atoms with Crippen molar-refractivity contribution < 1.29 is 30.1 Å². The summed E-state index contributed by atoms with van der Waals surface area (Å²) >= 11 is 0. The Balaban J connectivity index is 1.35. The number of tetrazole rings is 1. The largest absolute Gasteiger partial charge is 0.489 e. The van der Waals surface area contributed by atoms with Crippen molar-refractivity contribution in [2.24, 2.45) is 0 Å². The van der Waals surface area contributed by atoms with Gasteiger partial charge in [0.25, 0.3) is 0 Å². The zero-order valence-corrected chi connectivity index (χ0v) is 22.0. The number of rotatable bonds is 8. The molecule has 0 aliphatic heterocycles. The zero-order chi connectivity index (χ0) is 31.5. The highest BCUT2D eigenvalue weighted by Gasteiger charge is 2.58. The van der Waals surface area contributed by atoms with Gasteiger partial charge >= 0.3 is 5.92 Å². The fraction of sp³-hybridized carbons (Fsp3) is 0.161. The standard InChI is InChI=1S/C31H23F4N5O2/c1-21-2-4-24(5-3-21)18-42-26-12-8-22(9-13-26)6-7-23-10-15-29(36-17-23)31(34,35)30(41,19-40-20-37-38-39-40)27-14-11-25(32)16-28(27)33/h2-5,8-17,20,41H,18-19H2,1H3/t30-/m0/s1/i18D2. The molecule has 2 aromatic heterocycles. The SMILES string of the molecule is [2H]C([2H])(Oc1ccc(C#Cc2ccc(C(F)(F)[C@](O)(Cn3cnnn3)c3ccc(F)cc3F)nc2)cc1)c1ccc(C)cc1. The van der Waals surface area contributed by atoms with Crippen LogP contribution in [0.15, 0.2) is 91.4 Å². The minimum absolute atomic E-state index is 0.262. The average molecular weight is 576 g/mol. The van der Waals surface area contributed by atoms with Gasteiger partial charge in [-0.2, -0.15) is 8.78 Å². The van der Waals surface area contributed by atoms with Gasteiger partial charge in [-0.05, 0) is 71.4 Å². The highest BCUT2D eigenvalue weighted by atomic mass is 19.3. The maximum absolute atomic E-state index is 15.9. The second kappa shape index (κ2) is 11.8. The number of hydrogen-bond donors (Lipinski definition) is 1. The molecule has 0 amide bonds. The van der Waals surface area contributed by atoms with E-state index in [1.807, 2.05) is 6.92 Å². The number of halogens is 4. The number of nitrogens with zero attached hydrogens (tertiary/aromatic N) is 5. The van der Waals surface area contributed by atoms with E-state index in [1.54, 1.807) is 48.5 Å². The van der Waals surface area contributed by atoms with E-state index in [2.05, 4.69) is 32.4 Å². The molecule has 0 fully saturated rings. The summed E-state index contributed by atoms with van der Waals surface area (Å²) in [7, 11) is 0. The van der Waals surface area contributed by atoms with E-state index in [9.17, 15) is 13.9 Å². The third-order valence-electron chi connectivity index (χ3n) is 6.31. The highest BCUT2D eigenvalue weighted by Crippen LogP contribution is 2.46. The van der Waals surface area contributed by atoms with Gasteiger partial charge < -0.3 is 9.84 Å². The lowest BCUT2D eigenvalue weighted by Crippen LogP contribution is -2.48. The molecule has 0 saturated carbocycles. The Morgan fingerprint density at radius 3 is 2.31 bits per heavy atom. The Hall–Kier alpha value is -5.08. The first-order valence-corrected chi connectivity index (χ1v) is 12.5. The molecule has 5 rings (SSSR count). The van der Waals surface area contributed by atoms with Gasteiger partial charge in [-0.3, -0.25) is 4.98 Å². The second-order valence-electron chi connectivity index (χ2n) is 9.34. The number of aryl methyl sites for hydroxylation is 1. The topological polar surface area (TPSA) is 86.0 Å². The molecule has 0 aliphatic rings. The Morgan fingerprint density at radius 2 is 1.67 bits per heavy atom. The second-order valence-corrected chi connectivity index (χ2v) is 9.34. The van der Waals surface area contributed by atoms with Gasteiger partial charge in [-0.1, -0.05) is 41.7 Å². The number of pyridine rings is 1. The lowest BCUT2D eigenvalue weighted by atomic mass is 9.84.